The van der Waals surface area contributed by atoms with Gasteiger partial charge in [-0.1, -0.05) is 50.5 Å². The summed E-state index contributed by atoms with van der Waals surface area (Å²) < 4.78 is 0. The van der Waals surface area contributed by atoms with Crippen molar-refractivity contribution >= 4 is 11.8 Å². The van der Waals surface area contributed by atoms with Crippen LogP contribution in [-0.4, -0.2) is 6.54 Å². The molecule has 2 rings (SSSR count). The topological polar surface area (TPSA) is 12.0 Å². The van der Waals surface area contributed by atoms with Crippen LogP contribution in [0, 0.1) is 0 Å². The van der Waals surface area contributed by atoms with Gasteiger partial charge in [-0.15, -0.1) is 0 Å². The van der Waals surface area contributed by atoms with Gasteiger partial charge in [-0.05, 0) is 18.1 Å². The molecule has 1 aromatic rings. The molecule has 0 radical (unpaired) electrons. The Morgan fingerprint density at radius 3 is 2.73 bits per heavy atom. The van der Waals surface area contributed by atoms with Crippen LogP contribution in [0.3, 0.4) is 0 Å². The minimum absolute atomic E-state index is 1.11. The van der Waals surface area contributed by atoms with E-state index in [0.717, 1.165) is 6.54 Å². The van der Waals surface area contributed by atoms with Crippen LogP contribution in [0.15, 0.2) is 24.3 Å². The molecule has 15 heavy (non-hydrogen) atoms. The van der Waals surface area contributed by atoms with E-state index in [1.165, 1.54) is 42.5 Å². The summed E-state index contributed by atoms with van der Waals surface area (Å²) in [5, 5.41) is 3.50. The van der Waals surface area contributed by atoms with E-state index in [-0.39, 0.29) is 0 Å². The molecule has 0 heterocycles. The van der Waals surface area contributed by atoms with E-state index in [2.05, 4.69) is 42.6 Å². The van der Waals surface area contributed by atoms with Crippen molar-refractivity contribution < 1.29 is 0 Å². The number of hydrogen-bond acceptors (Lipinski definition) is 1. The molecule has 0 aromatic heterocycles. The van der Waals surface area contributed by atoms with Gasteiger partial charge in [0.05, 0.1) is 0 Å². The maximum Gasteiger partial charge on any atom is 0.0426 e. The first-order chi connectivity index (χ1) is 7.42. The van der Waals surface area contributed by atoms with E-state index in [4.69, 9.17) is 0 Å². The standard InChI is InChI=1S/C14H19N/c1-2-3-4-7-10-15-14-11-12-8-5-6-9-13(12)14/h5-6,8-9,11,15H,2-4,7,10H2,1H3. The smallest absolute Gasteiger partial charge is 0.0426 e. The van der Waals surface area contributed by atoms with Crippen LogP contribution in [0.25, 0.3) is 11.8 Å². The maximum atomic E-state index is 3.50. The molecule has 1 aliphatic carbocycles. The summed E-state index contributed by atoms with van der Waals surface area (Å²) in [5.41, 5.74) is 4.07. The van der Waals surface area contributed by atoms with Crippen molar-refractivity contribution in [2.75, 3.05) is 6.54 Å². The Labute approximate surface area is 92.2 Å². The van der Waals surface area contributed by atoms with Crippen LogP contribution in [0.4, 0.5) is 0 Å². The van der Waals surface area contributed by atoms with Crippen LogP contribution < -0.4 is 5.32 Å². The second-order valence-electron chi connectivity index (χ2n) is 4.13. The summed E-state index contributed by atoms with van der Waals surface area (Å²) in [6.45, 7) is 3.36. The third-order valence-electron chi connectivity index (χ3n) is 2.90. The minimum Gasteiger partial charge on any atom is -0.385 e. The molecule has 80 valence electrons. The summed E-state index contributed by atoms with van der Waals surface area (Å²) in [6.07, 6.45) is 7.53. The molecule has 0 saturated carbocycles. The molecule has 1 heteroatoms. The van der Waals surface area contributed by atoms with Gasteiger partial charge < -0.3 is 5.32 Å². The van der Waals surface area contributed by atoms with Gasteiger partial charge in [0.25, 0.3) is 0 Å². The van der Waals surface area contributed by atoms with E-state index in [1.54, 1.807) is 0 Å². The number of hydrogen-bond donors (Lipinski definition) is 1. The summed E-state index contributed by atoms with van der Waals surface area (Å²) in [4.78, 5) is 0. The van der Waals surface area contributed by atoms with Crippen LogP contribution in [0.2, 0.25) is 0 Å². The lowest BCUT2D eigenvalue weighted by atomic mass is 9.94. The molecule has 1 aliphatic rings. The molecule has 0 amide bonds. The Hall–Kier alpha value is -1.24. The van der Waals surface area contributed by atoms with Crippen molar-refractivity contribution in [3.63, 3.8) is 0 Å². The van der Waals surface area contributed by atoms with Gasteiger partial charge in [-0.25, -0.2) is 0 Å². The van der Waals surface area contributed by atoms with E-state index in [9.17, 15) is 0 Å². The highest BCUT2D eigenvalue weighted by molar-refractivity contribution is 5.94. The highest BCUT2D eigenvalue weighted by Gasteiger charge is 2.13. The van der Waals surface area contributed by atoms with Gasteiger partial charge in [-0.2, -0.15) is 0 Å². The normalized spacial score (nSPS) is 12.7. The van der Waals surface area contributed by atoms with E-state index < -0.39 is 0 Å². The fraction of sp³-hybridized carbons (Fsp3) is 0.429. The molecule has 1 N–H and O–H groups in total. The molecule has 1 aromatic carbocycles. The number of fused-ring (bicyclic) bond motifs is 1. The van der Waals surface area contributed by atoms with E-state index in [1.807, 2.05) is 0 Å². The van der Waals surface area contributed by atoms with Crippen molar-refractivity contribution in [2.24, 2.45) is 0 Å². The Morgan fingerprint density at radius 2 is 1.93 bits per heavy atom. The summed E-state index contributed by atoms with van der Waals surface area (Å²) in [5.74, 6) is 0. The first-order valence-electron chi connectivity index (χ1n) is 5.97. The highest BCUT2D eigenvalue weighted by atomic mass is 14.9. The number of unbranched alkanes of at least 4 members (excludes halogenated alkanes) is 3. The molecule has 0 fully saturated rings. The maximum absolute atomic E-state index is 3.50. The molecule has 0 atom stereocenters. The molecular formula is C14H19N. The number of nitrogens with one attached hydrogen (secondary N) is 1. The highest BCUT2D eigenvalue weighted by Crippen LogP contribution is 2.29. The minimum atomic E-state index is 1.11. The lowest BCUT2D eigenvalue weighted by Crippen LogP contribution is -2.18. The number of rotatable bonds is 6. The molecule has 0 saturated heterocycles. The zero-order chi connectivity index (χ0) is 10.5. The van der Waals surface area contributed by atoms with Gasteiger partial charge in [0.1, 0.15) is 0 Å². The van der Waals surface area contributed by atoms with Gasteiger partial charge in [0, 0.05) is 17.8 Å². The average molecular weight is 201 g/mol. The SMILES string of the molecule is CCCCCCNC1=Cc2ccccc21. The summed E-state index contributed by atoms with van der Waals surface area (Å²) >= 11 is 0. The van der Waals surface area contributed by atoms with Crippen LogP contribution in [-0.2, 0) is 0 Å². The average Bonchev–Trinajstić information content (AvgIpc) is 2.24. The van der Waals surface area contributed by atoms with Crippen molar-refractivity contribution in [3.8, 4) is 0 Å². The Balaban J connectivity index is 1.71. The molecule has 0 spiro atoms. The lowest BCUT2D eigenvalue weighted by molar-refractivity contribution is 0.650. The quantitative estimate of drug-likeness (QED) is 0.692. The predicted molar refractivity (Wildman–Crippen MR) is 66.5 cm³/mol. The van der Waals surface area contributed by atoms with Gasteiger partial charge in [-0.3, -0.25) is 0 Å². The first kappa shape index (κ1) is 10.3. The second-order valence-corrected chi connectivity index (χ2v) is 4.13. The van der Waals surface area contributed by atoms with Crippen molar-refractivity contribution in [3.05, 3.63) is 35.4 Å². The largest absolute Gasteiger partial charge is 0.385 e. The fourth-order valence-electron chi connectivity index (χ4n) is 1.94. The summed E-state index contributed by atoms with van der Waals surface area (Å²) in [6, 6.07) is 8.54. The van der Waals surface area contributed by atoms with Crippen LogP contribution >= 0.6 is 0 Å². The third-order valence-corrected chi connectivity index (χ3v) is 2.90. The second kappa shape index (κ2) is 5.01. The van der Waals surface area contributed by atoms with Gasteiger partial charge >= 0.3 is 0 Å². The predicted octanol–water partition coefficient (Wildman–Crippen LogP) is 3.67. The Bertz CT molecular complexity index is 352. The summed E-state index contributed by atoms with van der Waals surface area (Å²) in [7, 11) is 0. The van der Waals surface area contributed by atoms with Crippen LogP contribution in [0.5, 0.6) is 0 Å². The van der Waals surface area contributed by atoms with Crippen molar-refractivity contribution in [1.82, 2.24) is 5.32 Å². The third kappa shape index (κ3) is 2.41. The lowest BCUT2D eigenvalue weighted by Gasteiger charge is -2.21. The fourth-order valence-corrected chi connectivity index (χ4v) is 1.94. The van der Waals surface area contributed by atoms with E-state index in [0.29, 0.717) is 0 Å². The monoisotopic (exact) mass is 201 g/mol. The Kier molecular flexibility index (Phi) is 3.44. The molecular weight excluding hydrogens is 182 g/mol. The van der Waals surface area contributed by atoms with Crippen molar-refractivity contribution in [1.29, 1.82) is 0 Å². The van der Waals surface area contributed by atoms with Crippen molar-refractivity contribution in [2.45, 2.75) is 32.6 Å². The molecule has 1 nitrogen and oxygen atoms in total. The Morgan fingerprint density at radius 1 is 1.07 bits per heavy atom. The molecule has 0 bridgehead atoms. The zero-order valence-corrected chi connectivity index (χ0v) is 9.42. The van der Waals surface area contributed by atoms with E-state index >= 15 is 0 Å². The molecule has 0 unspecified atom stereocenters. The molecule has 0 aliphatic heterocycles. The first-order valence-corrected chi connectivity index (χ1v) is 5.97. The van der Waals surface area contributed by atoms with Gasteiger partial charge in [0.15, 0.2) is 0 Å². The number of benzene rings is 1. The van der Waals surface area contributed by atoms with Crippen LogP contribution in [0.1, 0.15) is 43.7 Å². The zero-order valence-electron chi connectivity index (χ0n) is 9.42. The van der Waals surface area contributed by atoms with Gasteiger partial charge in [0.2, 0.25) is 0 Å².